The number of carbonyl (C=O) groups is 1. The zero-order chi connectivity index (χ0) is 17.9. The lowest BCUT2D eigenvalue weighted by atomic mass is 10.0. The molecule has 1 atom stereocenters. The molecule has 1 N–H and O–H groups in total. The van der Waals surface area contributed by atoms with E-state index in [0.29, 0.717) is 44.8 Å². The van der Waals surface area contributed by atoms with Gasteiger partial charge in [-0.05, 0) is 24.1 Å². The molecule has 0 saturated carbocycles. The van der Waals surface area contributed by atoms with Gasteiger partial charge >= 0.3 is 0 Å². The fraction of sp³-hybridized carbons (Fsp3) is 0.611. The monoisotopic (exact) mass is 352 g/mol. The second-order valence-corrected chi connectivity index (χ2v) is 6.82. The van der Waals surface area contributed by atoms with Crippen molar-refractivity contribution in [2.75, 3.05) is 53.0 Å². The van der Waals surface area contributed by atoms with Gasteiger partial charge in [0, 0.05) is 26.2 Å². The molecule has 0 aliphatic carbocycles. The molecular formula is C18H25FN2O4. The predicted molar refractivity (Wildman–Crippen MR) is 90.1 cm³/mol. The molecule has 2 saturated heterocycles. The van der Waals surface area contributed by atoms with Crippen LogP contribution in [0.3, 0.4) is 0 Å². The Bertz CT molecular complexity index is 621. The Morgan fingerprint density at radius 2 is 2.12 bits per heavy atom. The highest BCUT2D eigenvalue weighted by atomic mass is 19.1. The molecule has 25 heavy (non-hydrogen) atoms. The van der Waals surface area contributed by atoms with Crippen molar-refractivity contribution in [3.05, 3.63) is 29.6 Å². The molecule has 2 fully saturated rings. The van der Waals surface area contributed by atoms with E-state index in [0.717, 1.165) is 13.1 Å². The zero-order valence-corrected chi connectivity index (χ0v) is 14.5. The smallest absolute Gasteiger partial charge is 0.227 e. The van der Waals surface area contributed by atoms with Crippen molar-refractivity contribution in [3.63, 3.8) is 0 Å². The van der Waals surface area contributed by atoms with Crippen LogP contribution in [0.1, 0.15) is 12.0 Å². The highest BCUT2D eigenvalue weighted by Crippen LogP contribution is 2.24. The van der Waals surface area contributed by atoms with Gasteiger partial charge in [-0.3, -0.25) is 9.69 Å². The van der Waals surface area contributed by atoms with E-state index in [1.807, 2.05) is 0 Å². The second-order valence-electron chi connectivity index (χ2n) is 6.82. The molecule has 0 aromatic heterocycles. The number of hydrogen-bond acceptors (Lipinski definition) is 5. The van der Waals surface area contributed by atoms with Gasteiger partial charge in [0.05, 0.1) is 38.9 Å². The topological polar surface area (TPSA) is 62.2 Å². The zero-order valence-electron chi connectivity index (χ0n) is 14.5. The van der Waals surface area contributed by atoms with Crippen LogP contribution in [0, 0.1) is 5.82 Å². The van der Waals surface area contributed by atoms with Crippen LogP contribution in [-0.4, -0.2) is 79.5 Å². The van der Waals surface area contributed by atoms with E-state index >= 15 is 0 Å². The van der Waals surface area contributed by atoms with E-state index in [2.05, 4.69) is 4.90 Å². The van der Waals surface area contributed by atoms with Crippen molar-refractivity contribution < 1.29 is 23.8 Å². The van der Waals surface area contributed by atoms with Crippen molar-refractivity contribution in [2.45, 2.75) is 18.4 Å². The molecule has 6 nitrogen and oxygen atoms in total. The van der Waals surface area contributed by atoms with Gasteiger partial charge in [0.1, 0.15) is 0 Å². The maximum Gasteiger partial charge on any atom is 0.227 e. The largest absolute Gasteiger partial charge is 0.494 e. The summed E-state index contributed by atoms with van der Waals surface area (Å²) in [6.45, 7) is 4.38. The Morgan fingerprint density at radius 1 is 1.36 bits per heavy atom. The maximum absolute atomic E-state index is 13.8. The minimum atomic E-state index is -0.877. The molecule has 2 heterocycles. The SMILES string of the molecule is COc1ccc(CC(=O)N2CCC(O)(CN3CCOCC3)C2)cc1F. The third-order valence-electron chi connectivity index (χ3n) is 4.88. The highest BCUT2D eigenvalue weighted by molar-refractivity contribution is 5.79. The number of ether oxygens (including phenoxy) is 2. The molecule has 3 rings (SSSR count). The first-order valence-corrected chi connectivity index (χ1v) is 8.62. The lowest BCUT2D eigenvalue weighted by Gasteiger charge is -2.33. The molecule has 0 spiro atoms. The Labute approximate surface area is 147 Å². The molecule has 0 radical (unpaired) electrons. The number of methoxy groups -OCH3 is 1. The van der Waals surface area contributed by atoms with Crippen LogP contribution in [0.4, 0.5) is 4.39 Å². The predicted octanol–water partition coefficient (Wildman–Crippen LogP) is 0.672. The Balaban J connectivity index is 1.55. The summed E-state index contributed by atoms with van der Waals surface area (Å²) in [5.74, 6) is -0.405. The van der Waals surface area contributed by atoms with Gasteiger partial charge in [-0.25, -0.2) is 4.39 Å². The Morgan fingerprint density at radius 3 is 2.80 bits per heavy atom. The number of rotatable bonds is 5. The summed E-state index contributed by atoms with van der Waals surface area (Å²) in [6.07, 6.45) is 0.682. The first-order valence-electron chi connectivity index (χ1n) is 8.62. The minimum Gasteiger partial charge on any atom is -0.494 e. The first-order chi connectivity index (χ1) is 12.0. The molecule has 2 aliphatic rings. The third kappa shape index (κ3) is 4.48. The van der Waals surface area contributed by atoms with Crippen LogP contribution in [0.2, 0.25) is 0 Å². The van der Waals surface area contributed by atoms with Gasteiger partial charge in [-0.15, -0.1) is 0 Å². The Hall–Kier alpha value is -1.70. The van der Waals surface area contributed by atoms with E-state index in [1.165, 1.54) is 19.2 Å². The van der Waals surface area contributed by atoms with E-state index in [1.54, 1.807) is 11.0 Å². The lowest BCUT2D eigenvalue weighted by molar-refractivity contribution is -0.130. The van der Waals surface area contributed by atoms with Gasteiger partial charge in [0.2, 0.25) is 5.91 Å². The number of halogens is 1. The number of carbonyl (C=O) groups excluding carboxylic acids is 1. The number of amides is 1. The average Bonchev–Trinajstić information content (AvgIpc) is 2.98. The summed E-state index contributed by atoms with van der Waals surface area (Å²) in [5, 5.41) is 10.8. The first kappa shape index (κ1) is 18.1. The lowest BCUT2D eigenvalue weighted by Crippen LogP contribution is -2.49. The maximum atomic E-state index is 13.8. The van der Waals surface area contributed by atoms with E-state index < -0.39 is 11.4 Å². The average molecular weight is 352 g/mol. The summed E-state index contributed by atoms with van der Waals surface area (Å²) < 4.78 is 24.0. The number of hydrogen-bond donors (Lipinski definition) is 1. The third-order valence-corrected chi connectivity index (χ3v) is 4.88. The molecule has 2 aliphatic heterocycles. The molecule has 7 heteroatoms. The minimum absolute atomic E-state index is 0.0949. The van der Waals surface area contributed by atoms with Gasteiger partial charge in [-0.1, -0.05) is 6.07 Å². The normalized spacial score (nSPS) is 24.5. The van der Waals surface area contributed by atoms with Crippen LogP contribution < -0.4 is 4.74 Å². The van der Waals surface area contributed by atoms with Crippen LogP contribution >= 0.6 is 0 Å². The van der Waals surface area contributed by atoms with E-state index in [4.69, 9.17) is 9.47 Å². The van der Waals surface area contributed by atoms with E-state index in [-0.39, 0.29) is 18.1 Å². The summed E-state index contributed by atoms with van der Waals surface area (Å²) in [6, 6.07) is 4.54. The van der Waals surface area contributed by atoms with Crippen molar-refractivity contribution >= 4 is 5.91 Å². The van der Waals surface area contributed by atoms with E-state index in [9.17, 15) is 14.3 Å². The second kappa shape index (κ2) is 7.68. The molecule has 1 aromatic rings. The molecule has 1 unspecified atom stereocenters. The van der Waals surface area contributed by atoms with Crippen molar-refractivity contribution in [1.29, 1.82) is 0 Å². The standard InChI is InChI=1S/C18H25FN2O4/c1-24-16-3-2-14(10-15(16)19)11-17(22)21-5-4-18(23,13-21)12-20-6-8-25-9-7-20/h2-3,10,23H,4-9,11-13H2,1H3. The van der Waals surface area contributed by atoms with Crippen molar-refractivity contribution in [1.82, 2.24) is 9.80 Å². The number of nitrogens with zero attached hydrogens (tertiary/aromatic N) is 2. The molecule has 1 aromatic carbocycles. The van der Waals surface area contributed by atoms with Crippen LogP contribution in [0.15, 0.2) is 18.2 Å². The molecular weight excluding hydrogens is 327 g/mol. The number of likely N-dealkylation sites (tertiary alicyclic amines) is 1. The van der Waals surface area contributed by atoms with Gasteiger partial charge in [0.25, 0.3) is 0 Å². The van der Waals surface area contributed by atoms with Gasteiger partial charge in [0.15, 0.2) is 11.6 Å². The summed E-state index contributed by atoms with van der Waals surface area (Å²) >= 11 is 0. The van der Waals surface area contributed by atoms with Crippen LogP contribution in [0.5, 0.6) is 5.75 Å². The van der Waals surface area contributed by atoms with Crippen molar-refractivity contribution in [2.24, 2.45) is 0 Å². The van der Waals surface area contributed by atoms with Gasteiger partial charge < -0.3 is 19.5 Å². The molecule has 138 valence electrons. The van der Waals surface area contributed by atoms with Crippen molar-refractivity contribution in [3.8, 4) is 5.75 Å². The molecule has 0 bridgehead atoms. The molecule has 1 amide bonds. The summed E-state index contributed by atoms with van der Waals surface area (Å²) in [4.78, 5) is 16.3. The quantitative estimate of drug-likeness (QED) is 0.844. The van der Waals surface area contributed by atoms with Gasteiger partial charge in [-0.2, -0.15) is 0 Å². The summed E-state index contributed by atoms with van der Waals surface area (Å²) in [5.41, 5.74) is -0.273. The van der Waals surface area contributed by atoms with Crippen LogP contribution in [-0.2, 0) is 16.0 Å². The summed E-state index contributed by atoms with van der Waals surface area (Å²) in [7, 11) is 1.41. The Kier molecular flexibility index (Phi) is 5.56. The number of aliphatic hydroxyl groups is 1. The highest BCUT2D eigenvalue weighted by Gasteiger charge is 2.39. The fourth-order valence-electron chi connectivity index (χ4n) is 3.48. The van der Waals surface area contributed by atoms with Crippen LogP contribution in [0.25, 0.3) is 0 Å². The number of morpholine rings is 1. The number of β-amino-alcohol motifs (C(OH)–C–C–N with tert-alkyl or cyclic N) is 1. The number of benzene rings is 1. The fourth-order valence-corrected chi connectivity index (χ4v) is 3.48.